The molecule has 0 heterocycles. The van der Waals surface area contributed by atoms with Gasteiger partial charge in [0.25, 0.3) is 0 Å². The summed E-state index contributed by atoms with van der Waals surface area (Å²) >= 11 is 0. The van der Waals surface area contributed by atoms with Crippen LogP contribution in [0.5, 0.6) is 0 Å². The third-order valence-electron chi connectivity index (χ3n) is 2.71. The molecule has 10 nitrogen and oxygen atoms in total. The van der Waals surface area contributed by atoms with Gasteiger partial charge < -0.3 is 39.3 Å². The molecule has 0 saturated carbocycles. The van der Waals surface area contributed by atoms with Gasteiger partial charge >= 0.3 is 5.97 Å². The van der Waals surface area contributed by atoms with E-state index in [2.05, 4.69) is 5.32 Å². The Morgan fingerprint density at radius 1 is 0.880 bits per heavy atom. The van der Waals surface area contributed by atoms with Crippen LogP contribution in [-0.4, -0.2) is 93.9 Å². The Morgan fingerprint density at radius 3 is 1.84 bits per heavy atom. The standard InChI is InChI=1S/C15H27NO9/c17-3-1-4-22-6-8-24-10-11-25-9-7-23-5-2-16-15(21)13(18)12-14(19)20/h3,13,18H,1-2,4-12H2,(H,16,21)(H,19,20). The molecule has 0 aliphatic carbocycles. The van der Waals surface area contributed by atoms with Gasteiger partial charge in [-0.1, -0.05) is 0 Å². The Kier molecular flexibility index (Phi) is 16.1. The number of carbonyl (C=O) groups excluding carboxylic acids is 2. The highest BCUT2D eigenvalue weighted by Gasteiger charge is 2.17. The van der Waals surface area contributed by atoms with Crippen LogP contribution in [0.15, 0.2) is 0 Å². The molecule has 0 rings (SSSR count). The number of aliphatic carboxylic acids is 1. The lowest BCUT2D eigenvalue weighted by atomic mass is 10.2. The maximum atomic E-state index is 11.3. The zero-order valence-corrected chi connectivity index (χ0v) is 14.2. The summed E-state index contributed by atoms with van der Waals surface area (Å²) in [5.74, 6) is -1.99. The van der Waals surface area contributed by atoms with E-state index in [1.165, 1.54) is 0 Å². The van der Waals surface area contributed by atoms with Gasteiger partial charge in [-0.2, -0.15) is 0 Å². The molecule has 0 bridgehead atoms. The van der Waals surface area contributed by atoms with Crippen LogP contribution >= 0.6 is 0 Å². The van der Waals surface area contributed by atoms with Gasteiger partial charge in [-0.25, -0.2) is 0 Å². The van der Waals surface area contributed by atoms with Gasteiger partial charge in [0, 0.05) is 13.0 Å². The summed E-state index contributed by atoms with van der Waals surface area (Å²) in [6, 6.07) is 0. The highest BCUT2D eigenvalue weighted by Crippen LogP contribution is 1.91. The maximum absolute atomic E-state index is 11.3. The molecule has 0 aromatic heterocycles. The molecule has 0 fully saturated rings. The Balaban J connectivity index is 3.22. The Bertz CT molecular complexity index is 365. The number of carbonyl (C=O) groups is 3. The number of ether oxygens (including phenoxy) is 4. The van der Waals surface area contributed by atoms with Crippen molar-refractivity contribution in [3.8, 4) is 0 Å². The van der Waals surface area contributed by atoms with E-state index < -0.39 is 24.4 Å². The molecule has 0 saturated heterocycles. The molecule has 25 heavy (non-hydrogen) atoms. The number of amides is 1. The van der Waals surface area contributed by atoms with Gasteiger partial charge in [0.1, 0.15) is 12.4 Å². The largest absolute Gasteiger partial charge is 0.481 e. The van der Waals surface area contributed by atoms with Gasteiger partial charge in [0.15, 0.2) is 0 Å². The van der Waals surface area contributed by atoms with Crippen LogP contribution in [0.1, 0.15) is 12.8 Å². The van der Waals surface area contributed by atoms with E-state index in [0.717, 1.165) is 6.29 Å². The molecule has 0 spiro atoms. The molecule has 1 amide bonds. The number of hydrogen-bond donors (Lipinski definition) is 3. The van der Waals surface area contributed by atoms with E-state index in [9.17, 15) is 19.5 Å². The smallest absolute Gasteiger partial charge is 0.306 e. The second kappa shape index (κ2) is 17.2. The van der Waals surface area contributed by atoms with E-state index in [1.807, 2.05) is 0 Å². The molecule has 3 N–H and O–H groups in total. The molecular weight excluding hydrogens is 338 g/mol. The molecule has 0 aliphatic rings. The van der Waals surface area contributed by atoms with E-state index >= 15 is 0 Å². The fourth-order valence-electron chi connectivity index (χ4n) is 1.52. The molecule has 146 valence electrons. The minimum Gasteiger partial charge on any atom is -0.481 e. The lowest BCUT2D eigenvalue weighted by Gasteiger charge is -2.10. The molecular formula is C15H27NO9. The van der Waals surface area contributed by atoms with Crippen LogP contribution < -0.4 is 5.32 Å². The molecule has 0 aromatic rings. The molecule has 0 radical (unpaired) electrons. The zero-order valence-electron chi connectivity index (χ0n) is 14.2. The lowest BCUT2D eigenvalue weighted by Crippen LogP contribution is -2.37. The number of carboxylic acid groups (broad SMARTS) is 1. The summed E-state index contributed by atoms with van der Waals surface area (Å²) in [6.45, 7) is 3.21. The second-order valence-electron chi connectivity index (χ2n) is 4.81. The molecule has 1 unspecified atom stereocenters. The summed E-state index contributed by atoms with van der Waals surface area (Å²) in [4.78, 5) is 31.6. The topological polar surface area (TPSA) is 141 Å². The van der Waals surface area contributed by atoms with Crippen molar-refractivity contribution in [1.29, 1.82) is 0 Å². The number of aliphatic hydroxyl groups is 1. The van der Waals surface area contributed by atoms with Crippen LogP contribution in [0, 0.1) is 0 Å². The number of nitrogens with one attached hydrogen (secondary N) is 1. The van der Waals surface area contributed by atoms with Crippen molar-refractivity contribution in [2.24, 2.45) is 0 Å². The monoisotopic (exact) mass is 365 g/mol. The highest BCUT2D eigenvalue weighted by atomic mass is 16.6. The fraction of sp³-hybridized carbons (Fsp3) is 0.800. The van der Waals surface area contributed by atoms with E-state index in [0.29, 0.717) is 52.7 Å². The summed E-state index contributed by atoms with van der Waals surface area (Å²) in [7, 11) is 0. The van der Waals surface area contributed by atoms with Crippen LogP contribution in [0.25, 0.3) is 0 Å². The average Bonchev–Trinajstić information content (AvgIpc) is 2.57. The molecule has 10 heteroatoms. The van der Waals surface area contributed by atoms with Gasteiger partial charge in [0.2, 0.25) is 5.91 Å². The predicted molar refractivity (Wildman–Crippen MR) is 85.2 cm³/mol. The van der Waals surface area contributed by atoms with Gasteiger partial charge in [-0.3, -0.25) is 9.59 Å². The van der Waals surface area contributed by atoms with E-state index in [1.54, 1.807) is 0 Å². The average molecular weight is 365 g/mol. The van der Waals surface area contributed by atoms with E-state index in [4.69, 9.17) is 24.1 Å². The molecule has 0 aliphatic heterocycles. The Labute approximate surface area is 146 Å². The van der Waals surface area contributed by atoms with E-state index in [-0.39, 0.29) is 13.2 Å². The van der Waals surface area contributed by atoms with Crippen LogP contribution in [0.3, 0.4) is 0 Å². The van der Waals surface area contributed by atoms with Crippen molar-refractivity contribution < 1.29 is 43.5 Å². The van der Waals surface area contributed by atoms with Crippen molar-refractivity contribution in [1.82, 2.24) is 5.32 Å². The molecule has 1 atom stereocenters. The summed E-state index contributed by atoms with van der Waals surface area (Å²) < 4.78 is 20.8. The summed E-state index contributed by atoms with van der Waals surface area (Å²) in [6.07, 6.45) is -1.01. The SMILES string of the molecule is O=CCCOCCOCCOCCOCCNC(=O)C(O)CC(=O)O. The predicted octanol–water partition coefficient (Wildman–Crippen LogP) is -1.41. The Hall–Kier alpha value is -1.59. The maximum Gasteiger partial charge on any atom is 0.306 e. The summed E-state index contributed by atoms with van der Waals surface area (Å²) in [5, 5.41) is 20.0. The zero-order chi connectivity index (χ0) is 18.8. The van der Waals surface area contributed by atoms with Crippen LogP contribution in [0.2, 0.25) is 0 Å². The second-order valence-corrected chi connectivity index (χ2v) is 4.81. The van der Waals surface area contributed by atoms with Crippen molar-refractivity contribution in [3.05, 3.63) is 0 Å². The fourth-order valence-corrected chi connectivity index (χ4v) is 1.52. The highest BCUT2D eigenvalue weighted by molar-refractivity contribution is 5.84. The van der Waals surface area contributed by atoms with Crippen LogP contribution in [-0.2, 0) is 33.3 Å². The number of hydrogen-bond acceptors (Lipinski definition) is 8. The minimum absolute atomic E-state index is 0.169. The summed E-state index contributed by atoms with van der Waals surface area (Å²) in [5.41, 5.74) is 0. The van der Waals surface area contributed by atoms with Gasteiger partial charge in [0.05, 0.1) is 59.3 Å². The normalized spacial score (nSPS) is 11.9. The minimum atomic E-state index is -1.56. The lowest BCUT2D eigenvalue weighted by molar-refractivity contribution is -0.143. The first-order chi connectivity index (χ1) is 12.1. The third-order valence-corrected chi connectivity index (χ3v) is 2.71. The van der Waals surface area contributed by atoms with Crippen LogP contribution in [0.4, 0.5) is 0 Å². The first-order valence-electron chi connectivity index (χ1n) is 8.00. The first-order valence-corrected chi connectivity index (χ1v) is 8.00. The number of rotatable bonds is 18. The Morgan fingerprint density at radius 2 is 1.36 bits per heavy atom. The number of aldehydes is 1. The molecule has 0 aromatic carbocycles. The van der Waals surface area contributed by atoms with Crippen molar-refractivity contribution in [2.45, 2.75) is 18.9 Å². The third kappa shape index (κ3) is 17.0. The number of carboxylic acids is 1. The van der Waals surface area contributed by atoms with Gasteiger partial charge in [-0.15, -0.1) is 0 Å². The quantitative estimate of drug-likeness (QED) is 0.197. The van der Waals surface area contributed by atoms with Crippen molar-refractivity contribution >= 4 is 18.2 Å². The number of aliphatic hydroxyl groups excluding tert-OH is 1. The van der Waals surface area contributed by atoms with Crippen molar-refractivity contribution in [2.75, 3.05) is 59.4 Å². The first kappa shape index (κ1) is 23.4. The van der Waals surface area contributed by atoms with Crippen molar-refractivity contribution in [3.63, 3.8) is 0 Å². The van der Waals surface area contributed by atoms with Gasteiger partial charge in [-0.05, 0) is 0 Å².